The van der Waals surface area contributed by atoms with E-state index in [1.54, 1.807) is 11.1 Å². The summed E-state index contributed by atoms with van der Waals surface area (Å²) in [5.74, 6) is 0.635. The maximum atomic E-state index is 12.3. The predicted molar refractivity (Wildman–Crippen MR) is 71.9 cm³/mol. The SMILES string of the molecule is CC(C)c1ncc(C(=O)N2CCC(C)C(O)C2)s1. The number of aliphatic hydroxyl groups is 1. The lowest BCUT2D eigenvalue weighted by Crippen LogP contribution is -2.45. The lowest BCUT2D eigenvalue weighted by atomic mass is 9.96. The van der Waals surface area contributed by atoms with E-state index in [0.29, 0.717) is 17.3 Å². The van der Waals surface area contributed by atoms with Gasteiger partial charge in [0.05, 0.1) is 17.3 Å². The summed E-state index contributed by atoms with van der Waals surface area (Å²) >= 11 is 1.46. The predicted octanol–water partition coefficient (Wildman–Crippen LogP) is 2.11. The smallest absolute Gasteiger partial charge is 0.265 e. The van der Waals surface area contributed by atoms with Gasteiger partial charge in [-0.05, 0) is 12.3 Å². The Morgan fingerprint density at radius 3 is 2.89 bits per heavy atom. The highest BCUT2D eigenvalue weighted by atomic mass is 32.1. The Hall–Kier alpha value is -0.940. The van der Waals surface area contributed by atoms with Crippen LogP contribution in [-0.2, 0) is 0 Å². The van der Waals surface area contributed by atoms with E-state index in [0.717, 1.165) is 18.0 Å². The fourth-order valence-corrected chi connectivity index (χ4v) is 2.93. The normalized spacial score (nSPS) is 24.6. The quantitative estimate of drug-likeness (QED) is 0.893. The Labute approximate surface area is 112 Å². The van der Waals surface area contributed by atoms with Crippen molar-refractivity contribution in [3.63, 3.8) is 0 Å². The summed E-state index contributed by atoms with van der Waals surface area (Å²) in [4.78, 5) is 19.0. The number of hydrogen-bond donors (Lipinski definition) is 1. The van der Waals surface area contributed by atoms with Gasteiger partial charge in [-0.3, -0.25) is 4.79 Å². The molecule has 18 heavy (non-hydrogen) atoms. The van der Waals surface area contributed by atoms with Gasteiger partial charge in [-0.25, -0.2) is 4.98 Å². The summed E-state index contributed by atoms with van der Waals surface area (Å²) in [6.45, 7) is 7.33. The molecule has 2 heterocycles. The molecule has 0 saturated carbocycles. The van der Waals surface area contributed by atoms with Gasteiger partial charge in [0, 0.05) is 19.0 Å². The van der Waals surface area contributed by atoms with Crippen molar-refractivity contribution >= 4 is 17.2 Å². The van der Waals surface area contributed by atoms with Crippen molar-refractivity contribution in [1.82, 2.24) is 9.88 Å². The molecule has 1 aliphatic heterocycles. The molecule has 2 rings (SSSR count). The van der Waals surface area contributed by atoms with E-state index < -0.39 is 6.10 Å². The molecule has 5 heteroatoms. The first-order valence-electron chi connectivity index (χ1n) is 6.42. The van der Waals surface area contributed by atoms with Crippen LogP contribution >= 0.6 is 11.3 Å². The Bertz CT molecular complexity index is 430. The largest absolute Gasteiger partial charge is 0.391 e. The van der Waals surface area contributed by atoms with Crippen molar-refractivity contribution in [1.29, 1.82) is 0 Å². The van der Waals surface area contributed by atoms with Crippen LogP contribution in [0.1, 0.15) is 47.8 Å². The number of hydrogen-bond acceptors (Lipinski definition) is 4. The summed E-state index contributed by atoms with van der Waals surface area (Å²) < 4.78 is 0. The fourth-order valence-electron chi connectivity index (χ4n) is 2.04. The first-order valence-corrected chi connectivity index (χ1v) is 7.23. The van der Waals surface area contributed by atoms with Crippen molar-refractivity contribution in [2.75, 3.05) is 13.1 Å². The lowest BCUT2D eigenvalue weighted by molar-refractivity contribution is 0.0251. The molecule has 1 aliphatic rings. The molecule has 0 spiro atoms. The Kier molecular flexibility index (Phi) is 4.02. The van der Waals surface area contributed by atoms with Crippen molar-refractivity contribution in [2.24, 2.45) is 5.92 Å². The first-order chi connectivity index (χ1) is 8.49. The van der Waals surface area contributed by atoms with E-state index in [1.807, 2.05) is 6.92 Å². The molecule has 1 fully saturated rings. The zero-order valence-corrected chi connectivity index (χ0v) is 11.9. The molecule has 100 valence electrons. The third kappa shape index (κ3) is 2.72. The van der Waals surface area contributed by atoms with Crippen LogP contribution in [0.4, 0.5) is 0 Å². The van der Waals surface area contributed by atoms with Crippen LogP contribution in [0.25, 0.3) is 0 Å². The fraction of sp³-hybridized carbons (Fsp3) is 0.692. The minimum atomic E-state index is -0.403. The Balaban J connectivity index is 2.06. The third-order valence-corrected chi connectivity index (χ3v) is 4.72. The summed E-state index contributed by atoms with van der Waals surface area (Å²) in [6.07, 6.45) is 2.12. The number of carbonyl (C=O) groups excluding carboxylic acids is 1. The number of thiazole rings is 1. The maximum Gasteiger partial charge on any atom is 0.265 e. The van der Waals surface area contributed by atoms with E-state index in [-0.39, 0.29) is 11.8 Å². The molecule has 0 radical (unpaired) electrons. The van der Waals surface area contributed by atoms with Gasteiger partial charge in [0.25, 0.3) is 5.91 Å². The second-order valence-electron chi connectivity index (χ2n) is 5.30. The molecule has 4 nitrogen and oxygen atoms in total. The number of aromatic nitrogens is 1. The second-order valence-corrected chi connectivity index (χ2v) is 6.36. The second kappa shape index (κ2) is 5.36. The van der Waals surface area contributed by atoms with E-state index in [4.69, 9.17) is 0 Å². The molecule has 2 atom stereocenters. The van der Waals surface area contributed by atoms with Gasteiger partial charge in [0.2, 0.25) is 0 Å². The summed E-state index contributed by atoms with van der Waals surface area (Å²) in [7, 11) is 0. The minimum absolute atomic E-state index is 0.00495. The number of amides is 1. The number of piperidine rings is 1. The van der Waals surface area contributed by atoms with Crippen LogP contribution in [0.15, 0.2) is 6.20 Å². The zero-order valence-electron chi connectivity index (χ0n) is 11.1. The number of rotatable bonds is 2. The maximum absolute atomic E-state index is 12.3. The van der Waals surface area contributed by atoms with Gasteiger partial charge < -0.3 is 10.0 Å². The van der Waals surface area contributed by atoms with Crippen molar-refractivity contribution in [3.05, 3.63) is 16.1 Å². The van der Waals surface area contributed by atoms with Crippen LogP contribution in [0.3, 0.4) is 0 Å². The number of carbonyl (C=O) groups is 1. The minimum Gasteiger partial charge on any atom is -0.391 e. The molecule has 1 N–H and O–H groups in total. The van der Waals surface area contributed by atoms with E-state index in [2.05, 4.69) is 18.8 Å². The topological polar surface area (TPSA) is 53.4 Å². The number of nitrogens with zero attached hydrogens (tertiary/aromatic N) is 2. The van der Waals surface area contributed by atoms with Gasteiger partial charge in [0.1, 0.15) is 4.88 Å². The first kappa shape index (κ1) is 13.5. The average molecular weight is 268 g/mol. The summed E-state index contributed by atoms with van der Waals surface area (Å²) in [5, 5.41) is 10.8. The van der Waals surface area contributed by atoms with Crippen molar-refractivity contribution in [2.45, 2.75) is 39.2 Å². The summed E-state index contributed by atoms with van der Waals surface area (Å²) in [5.41, 5.74) is 0. The van der Waals surface area contributed by atoms with Gasteiger partial charge >= 0.3 is 0 Å². The average Bonchev–Trinajstić information content (AvgIpc) is 2.81. The highest BCUT2D eigenvalue weighted by molar-refractivity contribution is 7.13. The van der Waals surface area contributed by atoms with Crippen LogP contribution < -0.4 is 0 Å². The molecule has 1 aromatic heterocycles. The molecule has 0 bridgehead atoms. The number of likely N-dealkylation sites (tertiary alicyclic amines) is 1. The Morgan fingerprint density at radius 1 is 1.61 bits per heavy atom. The zero-order chi connectivity index (χ0) is 13.3. The van der Waals surface area contributed by atoms with Crippen molar-refractivity contribution in [3.8, 4) is 0 Å². The van der Waals surface area contributed by atoms with Crippen LogP contribution in [0.5, 0.6) is 0 Å². The standard InChI is InChI=1S/C13H20N2O2S/c1-8(2)12-14-6-11(18-12)13(17)15-5-4-9(3)10(16)7-15/h6,8-10,16H,4-5,7H2,1-3H3. The number of aliphatic hydroxyl groups excluding tert-OH is 1. The van der Waals surface area contributed by atoms with E-state index >= 15 is 0 Å². The molecular weight excluding hydrogens is 248 g/mol. The van der Waals surface area contributed by atoms with E-state index in [1.165, 1.54) is 11.3 Å². The van der Waals surface area contributed by atoms with E-state index in [9.17, 15) is 9.90 Å². The molecule has 1 aromatic rings. The van der Waals surface area contributed by atoms with Gasteiger partial charge in [-0.1, -0.05) is 20.8 Å². The van der Waals surface area contributed by atoms with Gasteiger partial charge in [-0.2, -0.15) is 0 Å². The molecule has 0 aromatic carbocycles. The molecule has 0 aliphatic carbocycles. The molecule has 2 unspecified atom stereocenters. The van der Waals surface area contributed by atoms with Crippen molar-refractivity contribution < 1.29 is 9.90 Å². The number of β-amino-alcohol motifs (C(OH)–C–C–N with tert-alkyl or cyclic N) is 1. The van der Waals surface area contributed by atoms with Crippen LogP contribution in [-0.4, -0.2) is 40.1 Å². The highest BCUT2D eigenvalue weighted by Crippen LogP contribution is 2.24. The monoisotopic (exact) mass is 268 g/mol. The Morgan fingerprint density at radius 2 is 2.33 bits per heavy atom. The molecular formula is C13H20N2O2S. The summed E-state index contributed by atoms with van der Waals surface area (Å²) in [6, 6.07) is 0. The third-order valence-electron chi connectivity index (χ3n) is 3.43. The highest BCUT2D eigenvalue weighted by Gasteiger charge is 2.28. The van der Waals surface area contributed by atoms with Gasteiger partial charge in [0.15, 0.2) is 0 Å². The van der Waals surface area contributed by atoms with Crippen LogP contribution in [0, 0.1) is 5.92 Å². The molecule has 1 amide bonds. The molecule has 1 saturated heterocycles. The van der Waals surface area contributed by atoms with Crippen LogP contribution in [0.2, 0.25) is 0 Å². The van der Waals surface area contributed by atoms with Gasteiger partial charge in [-0.15, -0.1) is 11.3 Å². The lowest BCUT2D eigenvalue weighted by Gasteiger charge is -2.33.